The zero-order valence-electron chi connectivity index (χ0n) is 17.2. The van der Waals surface area contributed by atoms with Crippen LogP contribution in [0.25, 0.3) is 21.7 Å². The maximum atomic E-state index is 15.3. The monoisotopic (exact) mass is 447 g/mol. The number of nitrogens with two attached hydrogens (primary N) is 1. The molecule has 0 radical (unpaired) electrons. The highest BCUT2D eigenvalue weighted by Crippen LogP contribution is 2.51. The van der Waals surface area contributed by atoms with E-state index in [9.17, 15) is 0 Å². The summed E-state index contributed by atoms with van der Waals surface area (Å²) in [4.78, 5) is 11.0. The van der Waals surface area contributed by atoms with Crippen LogP contribution in [-0.4, -0.2) is 19.4 Å². The lowest BCUT2D eigenvalue weighted by Gasteiger charge is -2.44. The van der Waals surface area contributed by atoms with Gasteiger partial charge in [0.05, 0.1) is 16.1 Å². The van der Waals surface area contributed by atoms with E-state index in [0.717, 1.165) is 47.4 Å². The van der Waals surface area contributed by atoms with Crippen LogP contribution in [0.3, 0.4) is 0 Å². The molecular formula is C25H25N3OS2. The smallest absolute Gasteiger partial charge is 0.131 e. The minimum Gasteiger partial charge on any atom is -0.263 e. The van der Waals surface area contributed by atoms with Gasteiger partial charge in [-0.2, -0.15) is 0 Å². The summed E-state index contributed by atoms with van der Waals surface area (Å²) < 4.78 is 15.3. The van der Waals surface area contributed by atoms with Gasteiger partial charge in [0.2, 0.25) is 0 Å². The van der Waals surface area contributed by atoms with E-state index >= 15 is 4.21 Å². The average molecular weight is 448 g/mol. The van der Waals surface area contributed by atoms with Crippen molar-refractivity contribution in [3.8, 4) is 21.7 Å². The van der Waals surface area contributed by atoms with Crippen molar-refractivity contribution in [3.05, 3.63) is 84.5 Å². The Kier molecular flexibility index (Phi) is 5.08. The zero-order valence-corrected chi connectivity index (χ0v) is 18.8. The Hall–Kier alpha value is -2.67. The molecular weight excluding hydrogens is 422 g/mol. The van der Waals surface area contributed by atoms with Gasteiger partial charge in [0.25, 0.3) is 0 Å². The number of thiazole rings is 1. The summed E-state index contributed by atoms with van der Waals surface area (Å²) in [5.74, 6) is 0. The van der Waals surface area contributed by atoms with Gasteiger partial charge in [-0.1, -0.05) is 61.4 Å². The number of nitrogens with zero attached hydrogens (tertiary/aromatic N) is 2. The molecule has 1 aliphatic carbocycles. The molecule has 158 valence electrons. The molecule has 0 aliphatic heterocycles. The second kappa shape index (κ2) is 7.79. The molecule has 1 aliphatic rings. The molecule has 0 amide bonds. The Morgan fingerprint density at radius 3 is 2.26 bits per heavy atom. The average Bonchev–Trinajstić information content (AvgIpc) is 3.53. The largest absolute Gasteiger partial charge is 0.263 e. The van der Waals surface area contributed by atoms with Crippen LogP contribution >= 0.6 is 11.3 Å². The summed E-state index contributed by atoms with van der Waals surface area (Å²) in [5.41, 5.74) is 4.54. The number of hydrogen-bond donors (Lipinski definition) is 1. The molecule has 2 aromatic carbocycles. The maximum Gasteiger partial charge on any atom is 0.131 e. The number of pyridine rings is 1. The fourth-order valence-corrected chi connectivity index (χ4v) is 9.37. The number of aromatic nitrogens is 2. The first kappa shape index (κ1) is 20.2. The van der Waals surface area contributed by atoms with Crippen LogP contribution in [0.1, 0.15) is 25.7 Å². The molecule has 1 saturated carbocycles. The van der Waals surface area contributed by atoms with Crippen LogP contribution in [0.2, 0.25) is 0 Å². The topological polar surface area (TPSA) is 68.9 Å². The van der Waals surface area contributed by atoms with Gasteiger partial charge < -0.3 is 0 Å². The molecule has 4 nitrogen and oxygen atoms in total. The molecule has 0 unspecified atom stereocenters. The lowest BCUT2D eigenvalue weighted by Crippen LogP contribution is -2.52. The van der Waals surface area contributed by atoms with Crippen LogP contribution in [0, 0.1) is 0 Å². The SMILES string of the molecule is NS(=O)(c1ccccc1)(c1ncccc1-c1scnc1-c1ccccc1)C1CCCC1. The fourth-order valence-electron chi connectivity index (χ4n) is 4.66. The molecule has 0 atom stereocenters. The Morgan fingerprint density at radius 1 is 0.871 bits per heavy atom. The predicted molar refractivity (Wildman–Crippen MR) is 128 cm³/mol. The molecule has 31 heavy (non-hydrogen) atoms. The van der Waals surface area contributed by atoms with Gasteiger partial charge in [0.15, 0.2) is 0 Å². The van der Waals surface area contributed by atoms with E-state index in [-0.39, 0.29) is 5.25 Å². The van der Waals surface area contributed by atoms with E-state index in [1.54, 1.807) is 6.20 Å². The van der Waals surface area contributed by atoms with Gasteiger partial charge in [-0.15, -0.1) is 11.3 Å². The molecule has 2 N–H and O–H groups in total. The minimum absolute atomic E-state index is 0.124. The second-order valence-corrected chi connectivity index (χ2v) is 12.6. The van der Waals surface area contributed by atoms with Gasteiger partial charge in [0.1, 0.15) is 5.03 Å². The quantitative estimate of drug-likeness (QED) is 0.412. The van der Waals surface area contributed by atoms with Gasteiger partial charge >= 0.3 is 0 Å². The van der Waals surface area contributed by atoms with Crippen molar-refractivity contribution in [2.24, 2.45) is 5.14 Å². The third-order valence-corrected chi connectivity index (χ3v) is 11.2. The van der Waals surface area contributed by atoms with Crippen LogP contribution in [0.15, 0.2) is 94.4 Å². The van der Waals surface area contributed by atoms with E-state index in [4.69, 9.17) is 10.1 Å². The third kappa shape index (κ3) is 3.26. The molecule has 2 heterocycles. The van der Waals surface area contributed by atoms with Crippen molar-refractivity contribution in [3.63, 3.8) is 0 Å². The standard InChI is InChI=1S/C25H25N3OS2/c26-31(29,21-14-7-8-15-21,20-12-5-2-6-13-20)25-22(16-9-17-27-25)24-23(28-18-30-24)19-10-3-1-4-11-19/h1-6,9-13,16-18,21H,7-8,14-15H2,(H2,26,29). The molecule has 0 spiro atoms. The summed E-state index contributed by atoms with van der Waals surface area (Å²) in [6, 6.07) is 23.5. The summed E-state index contributed by atoms with van der Waals surface area (Å²) in [6.45, 7) is 0. The molecule has 5 rings (SSSR count). The van der Waals surface area contributed by atoms with E-state index in [0.29, 0.717) is 9.92 Å². The van der Waals surface area contributed by atoms with E-state index in [2.05, 4.69) is 4.98 Å². The predicted octanol–water partition coefficient (Wildman–Crippen LogP) is 5.93. The lowest BCUT2D eigenvalue weighted by molar-refractivity contribution is 0.631. The van der Waals surface area contributed by atoms with Crippen molar-refractivity contribution < 1.29 is 4.21 Å². The number of rotatable bonds is 5. The summed E-state index contributed by atoms with van der Waals surface area (Å²) in [7, 11) is -3.96. The summed E-state index contributed by atoms with van der Waals surface area (Å²) in [6.07, 6.45) is 5.49. The van der Waals surface area contributed by atoms with Crippen LogP contribution in [0.4, 0.5) is 0 Å². The normalized spacial score (nSPS) is 16.1. The molecule has 2 aromatic heterocycles. The van der Waals surface area contributed by atoms with E-state index in [1.165, 1.54) is 11.3 Å². The van der Waals surface area contributed by atoms with Crippen LogP contribution < -0.4 is 5.14 Å². The molecule has 4 aromatic rings. The van der Waals surface area contributed by atoms with Crippen LogP contribution in [0.5, 0.6) is 0 Å². The van der Waals surface area contributed by atoms with E-state index in [1.807, 2.05) is 78.3 Å². The van der Waals surface area contributed by atoms with Crippen molar-refractivity contribution in [2.45, 2.75) is 40.9 Å². The Bertz CT molecular complexity index is 1260. The highest BCUT2D eigenvalue weighted by Gasteiger charge is 2.48. The van der Waals surface area contributed by atoms with Crippen molar-refractivity contribution in [2.75, 3.05) is 0 Å². The Labute approximate surface area is 186 Å². The molecule has 0 saturated heterocycles. The van der Waals surface area contributed by atoms with E-state index < -0.39 is 9.25 Å². The zero-order chi connectivity index (χ0) is 21.3. The molecule has 0 bridgehead atoms. The molecule has 1 fully saturated rings. The Morgan fingerprint density at radius 2 is 1.55 bits per heavy atom. The lowest BCUT2D eigenvalue weighted by atomic mass is 10.1. The van der Waals surface area contributed by atoms with Gasteiger partial charge in [-0.3, -0.25) is 9.35 Å². The minimum atomic E-state index is -3.96. The van der Waals surface area contributed by atoms with Crippen molar-refractivity contribution >= 4 is 20.6 Å². The van der Waals surface area contributed by atoms with Gasteiger partial charge in [0, 0.05) is 36.7 Å². The first-order valence-electron chi connectivity index (χ1n) is 10.5. The van der Waals surface area contributed by atoms with Crippen molar-refractivity contribution in [1.82, 2.24) is 9.97 Å². The third-order valence-electron chi connectivity index (χ3n) is 6.22. The Balaban J connectivity index is 1.78. The highest BCUT2D eigenvalue weighted by atomic mass is 32.3. The second-order valence-electron chi connectivity index (χ2n) is 8.04. The first-order valence-corrected chi connectivity index (χ1v) is 13.5. The van der Waals surface area contributed by atoms with Crippen LogP contribution in [-0.2, 0) is 9.25 Å². The molecule has 6 heteroatoms. The van der Waals surface area contributed by atoms with Gasteiger partial charge in [-0.05, 0) is 37.1 Å². The maximum absolute atomic E-state index is 15.3. The number of hydrogen-bond acceptors (Lipinski definition) is 4. The summed E-state index contributed by atoms with van der Waals surface area (Å²) >= 11 is 1.54. The number of benzene rings is 2. The van der Waals surface area contributed by atoms with Crippen molar-refractivity contribution in [1.29, 1.82) is 0 Å². The highest BCUT2D eigenvalue weighted by molar-refractivity contribution is 8.18. The fraction of sp³-hybridized carbons (Fsp3) is 0.200. The first-order chi connectivity index (χ1) is 15.1. The summed E-state index contributed by atoms with van der Waals surface area (Å²) in [5, 5.41) is 7.53. The van der Waals surface area contributed by atoms with Gasteiger partial charge in [-0.25, -0.2) is 9.97 Å².